The van der Waals surface area contributed by atoms with Gasteiger partial charge >= 0.3 is 0 Å². The summed E-state index contributed by atoms with van der Waals surface area (Å²) in [5.74, 6) is 0.561. The molecule has 166 valence electrons. The molecule has 4 rings (SSSR count). The Bertz CT molecular complexity index is 1320. The highest BCUT2D eigenvalue weighted by atomic mass is 32.2. The van der Waals surface area contributed by atoms with E-state index in [4.69, 9.17) is 0 Å². The fourth-order valence-electron chi connectivity index (χ4n) is 3.36. The van der Waals surface area contributed by atoms with Crippen molar-refractivity contribution in [1.82, 2.24) is 14.8 Å². The number of non-ortho nitro benzene ring substituents is 1. The highest BCUT2D eigenvalue weighted by molar-refractivity contribution is 7.99. The first-order valence-electron chi connectivity index (χ1n) is 10.2. The normalized spacial score (nSPS) is 10.7. The van der Waals surface area contributed by atoms with Crippen LogP contribution < -0.4 is 5.32 Å². The molecule has 0 saturated carbocycles. The Morgan fingerprint density at radius 3 is 2.52 bits per heavy atom. The van der Waals surface area contributed by atoms with Crippen LogP contribution >= 0.6 is 11.8 Å². The SMILES string of the molecule is Cc1cccc(-c2nnc(SCC(=O)Nc3ccc([N+](=O)[O-])cc3C)n2-c2ccccc2)c1. The summed E-state index contributed by atoms with van der Waals surface area (Å²) in [6.07, 6.45) is 0. The molecule has 0 aliphatic carbocycles. The Hall–Kier alpha value is -3.98. The van der Waals surface area contributed by atoms with Crippen molar-refractivity contribution in [3.63, 3.8) is 0 Å². The topological polar surface area (TPSA) is 103 Å². The molecule has 0 spiro atoms. The summed E-state index contributed by atoms with van der Waals surface area (Å²) in [4.78, 5) is 23.1. The Labute approximate surface area is 194 Å². The zero-order valence-corrected chi connectivity index (χ0v) is 18.9. The first kappa shape index (κ1) is 22.2. The number of nitro groups is 1. The number of para-hydroxylation sites is 1. The van der Waals surface area contributed by atoms with Gasteiger partial charge in [0, 0.05) is 29.1 Å². The van der Waals surface area contributed by atoms with Crippen molar-refractivity contribution >= 4 is 29.0 Å². The minimum atomic E-state index is -0.462. The van der Waals surface area contributed by atoms with Crippen LogP contribution in [0.2, 0.25) is 0 Å². The third-order valence-electron chi connectivity index (χ3n) is 4.95. The van der Waals surface area contributed by atoms with E-state index in [1.807, 2.05) is 66.1 Å². The number of benzene rings is 3. The summed E-state index contributed by atoms with van der Waals surface area (Å²) in [6, 6.07) is 22.1. The van der Waals surface area contributed by atoms with Crippen molar-refractivity contribution in [3.8, 4) is 17.1 Å². The molecule has 8 nitrogen and oxygen atoms in total. The van der Waals surface area contributed by atoms with E-state index >= 15 is 0 Å². The fourth-order valence-corrected chi connectivity index (χ4v) is 4.11. The molecular formula is C24H21N5O3S. The number of rotatable bonds is 7. The van der Waals surface area contributed by atoms with Gasteiger partial charge in [-0.25, -0.2) is 0 Å². The van der Waals surface area contributed by atoms with E-state index in [-0.39, 0.29) is 17.3 Å². The van der Waals surface area contributed by atoms with Crippen LogP contribution in [0.1, 0.15) is 11.1 Å². The number of hydrogen-bond donors (Lipinski definition) is 1. The van der Waals surface area contributed by atoms with E-state index < -0.39 is 4.92 Å². The van der Waals surface area contributed by atoms with Crippen molar-refractivity contribution in [2.24, 2.45) is 0 Å². The zero-order valence-electron chi connectivity index (χ0n) is 18.1. The molecule has 9 heteroatoms. The number of anilines is 1. The van der Waals surface area contributed by atoms with Crippen molar-refractivity contribution in [2.75, 3.05) is 11.1 Å². The molecule has 1 N–H and O–H groups in total. The number of nitrogens with zero attached hydrogens (tertiary/aromatic N) is 4. The Kier molecular flexibility index (Phi) is 6.50. The van der Waals surface area contributed by atoms with Crippen molar-refractivity contribution in [2.45, 2.75) is 19.0 Å². The number of nitro benzene ring substituents is 1. The predicted octanol–water partition coefficient (Wildman–Crippen LogP) is 5.19. The predicted molar refractivity (Wildman–Crippen MR) is 129 cm³/mol. The highest BCUT2D eigenvalue weighted by Crippen LogP contribution is 2.29. The van der Waals surface area contributed by atoms with E-state index in [2.05, 4.69) is 15.5 Å². The number of thioether (sulfide) groups is 1. The van der Waals surface area contributed by atoms with Gasteiger partial charge in [-0.05, 0) is 43.7 Å². The van der Waals surface area contributed by atoms with Gasteiger partial charge in [0.25, 0.3) is 5.69 Å². The summed E-state index contributed by atoms with van der Waals surface area (Å²) in [5.41, 5.74) is 4.09. The lowest BCUT2D eigenvalue weighted by Gasteiger charge is -2.11. The monoisotopic (exact) mass is 459 g/mol. The number of nitrogens with one attached hydrogen (secondary N) is 1. The molecule has 0 fully saturated rings. The first-order valence-corrected chi connectivity index (χ1v) is 11.2. The van der Waals surface area contributed by atoms with Crippen molar-refractivity contribution < 1.29 is 9.72 Å². The molecule has 0 bridgehead atoms. The Balaban J connectivity index is 1.56. The van der Waals surface area contributed by atoms with Gasteiger partial charge in [-0.3, -0.25) is 19.5 Å². The molecule has 0 radical (unpaired) electrons. The molecule has 33 heavy (non-hydrogen) atoms. The van der Waals surface area contributed by atoms with Gasteiger partial charge in [-0.1, -0.05) is 53.7 Å². The quantitative estimate of drug-likeness (QED) is 0.232. The summed E-state index contributed by atoms with van der Waals surface area (Å²) >= 11 is 1.27. The van der Waals surface area contributed by atoms with Crippen molar-refractivity contribution in [1.29, 1.82) is 0 Å². The second kappa shape index (κ2) is 9.66. The summed E-state index contributed by atoms with van der Waals surface area (Å²) in [6.45, 7) is 3.74. The lowest BCUT2D eigenvalue weighted by molar-refractivity contribution is -0.384. The number of aryl methyl sites for hydroxylation is 2. The Morgan fingerprint density at radius 2 is 1.82 bits per heavy atom. The van der Waals surface area contributed by atoms with Crippen LogP contribution in [0.3, 0.4) is 0 Å². The van der Waals surface area contributed by atoms with Gasteiger partial charge in [0.2, 0.25) is 5.91 Å². The number of hydrogen-bond acceptors (Lipinski definition) is 6. The molecule has 1 heterocycles. The molecule has 1 amide bonds. The molecule has 4 aromatic rings. The maximum Gasteiger partial charge on any atom is 0.269 e. The first-order chi connectivity index (χ1) is 15.9. The Morgan fingerprint density at radius 1 is 1.03 bits per heavy atom. The third kappa shape index (κ3) is 5.09. The third-order valence-corrected chi connectivity index (χ3v) is 5.88. The van der Waals surface area contributed by atoms with Gasteiger partial charge in [0.1, 0.15) is 0 Å². The van der Waals surface area contributed by atoms with Crippen molar-refractivity contribution in [3.05, 3.63) is 94.0 Å². The number of carbonyl (C=O) groups excluding carboxylic acids is 1. The molecule has 0 atom stereocenters. The van der Waals surface area contributed by atoms with Gasteiger partial charge in [0.15, 0.2) is 11.0 Å². The second-order valence-electron chi connectivity index (χ2n) is 7.44. The largest absolute Gasteiger partial charge is 0.325 e. The molecular weight excluding hydrogens is 438 g/mol. The molecule has 0 aliphatic rings. The average Bonchev–Trinajstić information content (AvgIpc) is 3.23. The minimum Gasteiger partial charge on any atom is -0.325 e. The van der Waals surface area contributed by atoms with E-state index in [1.165, 1.54) is 23.9 Å². The van der Waals surface area contributed by atoms with Crippen LogP contribution in [0.25, 0.3) is 17.1 Å². The maximum absolute atomic E-state index is 12.6. The number of aromatic nitrogens is 3. The molecule has 0 unspecified atom stereocenters. The highest BCUT2D eigenvalue weighted by Gasteiger charge is 2.18. The van der Waals surface area contributed by atoms with Crippen LogP contribution in [-0.2, 0) is 4.79 Å². The molecule has 3 aromatic carbocycles. The van der Waals surface area contributed by atoms with Gasteiger partial charge in [-0.2, -0.15) is 0 Å². The zero-order chi connectivity index (χ0) is 23.4. The maximum atomic E-state index is 12.6. The lowest BCUT2D eigenvalue weighted by atomic mass is 10.1. The van der Waals surface area contributed by atoms with E-state index in [0.717, 1.165) is 16.8 Å². The smallest absolute Gasteiger partial charge is 0.269 e. The van der Waals surface area contributed by atoms with Gasteiger partial charge < -0.3 is 5.32 Å². The van der Waals surface area contributed by atoms with Crippen LogP contribution in [0.5, 0.6) is 0 Å². The van der Waals surface area contributed by atoms with E-state index in [1.54, 1.807) is 13.0 Å². The second-order valence-corrected chi connectivity index (χ2v) is 8.38. The van der Waals surface area contributed by atoms with Crippen LogP contribution in [0.15, 0.2) is 78.0 Å². The van der Waals surface area contributed by atoms with Gasteiger partial charge in [0.05, 0.1) is 10.7 Å². The van der Waals surface area contributed by atoms with Crippen LogP contribution in [0.4, 0.5) is 11.4 Å². The molecule has 1 aromatic heterocycles. The molecule has 0 saturated heterocycles. The number of carbonyl (C=O) groups is 1. The summed E-state index contributed by atoms with van der Waals surface area (Å²) in [7, 11) is 0. The van der Waals surface area contributed by atoms with E-state index in [0.29, 0.717) is 22.2 Å². The molecule has 0 aliphatic heterocycles. The number of amides is 1. The fraction of sp³-hybridized carbons (Fsp3) is 0.125. The van der Waals surface area contributed by atoms with Crippen LogP contribution in [0, 0.1) is 24.0 Å². The average molecular weight is 460 g/mol. The minimum absolute atomic E-state index is 0.0143. The van der Waals surface area contributed by atoms with Gasteiger partial charge in [-0.15, -0.1) is 10.2 Å². The standard InChI is InChI=1S/C24H21N5O3S/c1-16-7-6-8-18(13-16)23-26-27-24(28(23)19-9-4-3-5-10-19)33-15-22(30)25-21-12-11-20(29(31)32)14-17(21)2/h3-14H,15H2,1-2H3,(H,25,30). The van der Waals surface area contributed by atoms with Crippen LogP contribution in [-0.4, -0.2) is 31.3 Å². The summed E-state index contributed by atoms with van der Waals surface area (Å²) < 4.78 is 1.93. The summed E-state index contributed by atoms with van der Waals surface area (Å²) in [5, 5.41) is 23.1. The van der Waals surface area contributed by atoms with E-state index in [9.17, 15) is 14.9 Å². The lowest BCUT2D eigenvalue weighted by Crippen LogP contribution is -2.15.